The molecule has 5 atom stereocenters. The van der Waals surface area contributed by atoms with Crippen molar-refractivity contribution in [1.29, 1.82) is 0 Å². The molecule has 0 amide bonds. The first-order valence-electron chi connectivity index (χ1n) is 7.96. The Morgan fingerprint density at radius 1 is 1.35 bits per heavy atom. The summed E-state index contributed by atoms with van der Waals surface area (Å²) in [5, 5.41) is 0. The number of rotatable bonds is 1. The van der Waals surface area contributed by atoms with Crippen LogP contribution in [0.5, 0.6) is 5.75 Å². The fraction of sp³-hybridized carbons (Fsp3) is 0.625. The highest BCUT2D eigenvalue weighted by molar-refractivity contribution is 7.79. The van der Waals surface area contributed by atoms with E-state index in [1.165, 1.54) is 25.7 Å². The van der Waals surface area contributed by atoms with Crippen LogP contribution >= 0.6 is 0 Å². The number of hydrogen-bond donors (Lipinski definition) is 2. The van der Waals surface area contributed by atoms with Gasteiger partial charge in [0.15, 0.2) is 0 Å². The second-order valence-corrected chi connectivity index (χ2v) is 7.68. The van der Waals surface area contributed by atoms with E-state index in [1.807, 2.05) is 4.90 Å². The summed E-state index contributed by atoms with van der Waals surface area (Å²) in [7, 11) is -0.723. The number of nitrogens with one attached hydrogen (secondary N) is 1. The van der Waals surface area contributed by atoms with Crippen LogP contribution in [-0.4, -0.2) is 43.8 Å². The maximum atomic E-state index is 8.63. The quantitative estimate of drug-likeness (QED) is 0.570. The van der Waals surface area contributed by atoms with Crippen LogP contribution in [-0.2, 0) is 16.8 Å². The van der Waals surface area contributed by atoms with Gasteiger partial charge in [-0.3, -0.25) is 4.55 Å². The number of fused-ring (bicyclic) bond motifs is 6. The van der Waals surface area contributed by atoms with Crippen molar-refractivity contribution in [2.75, 3.05) is 14.2 Å². The molecule has 2 fully saturated rings. The minimum Gasteiger partial charge on any atom is -0.726 e. The van der Waals surface area contributed by atoms with Gasteiger partial charge in [0.05, 0.1) is 26.2 Å². The normalized spacial score (nSPS) is 34.2. The molecule has 2 heterocycles. The van der Waals surface area contributed by atoms with Crippen LogP contribution in [0.15, 0.2) is 18.2 Å². The van der Waals surface area contributed by atoms with Gasteiger partial charge in [-0.2, -0.15) is 0 Å². The van der Waals surface area contributed by atoms with Crippen LogP contribution in [0.25, 0.3) is 0 Å². The number of piperidine rings is 1. The second kappa shape index (κ2) is 6.05. The van der Waals surface area contributed by atoms with Gasteiger partial charge in [-0.1, -0.05) is 6.07 Å². The number of benzene rings is 1. The van der Waals surface area contributed by atoms with Crippen LogP contribution < -0.4 is 9.64 Å². The van der Waals surface area contributed by atoms with E-state index >= 15 is 0 Å². The van der Waals surface area contributed by atoms with Crippen molar-refractivity contribution in [3.8, 4) is 5.75 Å². The van der Waals surface area contributed by atoms with Crippen molar-refractivity contribution in [2.45, 2.75) is 43.7 Å². The molecule has 2 saturated heterocycles. The lowest BCUT2D eigenvalue weighted by atomic mass is 9.81. The van der Waals surface area contributed by atoms with E-state index in [2.05, 4.69) is 25.2 Å². The summed E-state index contributed by atoms with van der Waals surface area (Å²) in [4.78, 5) is 1.82. The molecule has 0 radical (unpaired) electrons. The van der Waals surface area contributed by atoms with Crippen molar-refractivity contribution >= 4 is 10.4 Å². The molecule has 5 unspecified atom stereocenters. The van der Waals surface area contributed by atoms with Crippen molar-refractivity contribution in [3.05, 3.63) is 29.3 Å². The number of methoxy groups -OCH3 is 1. The predicted molar refractivity (Wildman–Crippen MR) is 83.6 cm³/mol. The largest absolute Gasteiger partial charge is 0.726 e. The molecular weight excluding hydrogens is 318 g/mol. The molecule has 1 aromatic rings. The lowest BCUT2D eigenvalue weighted by molar-refractivity contribution is -0.927. The van der Waals surface area contributed by atoms with E-state index in [0.717, 1.165) is 29.7 Å². The summed E-state index contributed by atoms with van der Waals surface area (Å²) in [5.74, 6) is 2.75. The minimum absolute atomic E-state index is 0.816. The Bertz CT molecular complexity index is 682. The summed E-state index contributed by atoms with van der Waals surface area (Å²) < 4.78 is 38.2. The number of ether oxygens (including phenoxy) is 1. The molecule has 1 aliphatic carbocycles. The Labute approximate surface area is 137 Å². The first-order chi connectivity index (χ1) is 10.8. The standard InChI is InChI=1S/C16H21NO.H2O4S/c1-17-11-4-6-16(17)15-7-10-3-5-12(18-2)9-13(10)14(15)8-11;1-5(2,3)4/h3,5,9,11,14-16H,4,6-8H2,1-2H3;(H2,1,2,3,4). The zero-order valence-corrected chi connectivity index (χ0v) is 14.2. The van der Waals surface area contributed by atoms with E-state index < -0.39 is 10.4 Å². The number of hydrogen-bond acceptors (Lipinski definition) is 4. The maximum absolute atomic E-state index is 8.63. The van der Waals surface area contributed by atoms with E-state index in [9.17, 15) is 0 Å². The summed E-state index contributed by atoms with van der Waals surface area (Å²) >= 11 is 0. The van der Waals surface area contributed by atoms with E-state index in [1.54, 1.807) is 18.2 Å². The highest BCUT2D eigenvalue weighted by atomic mass is 32.3. The Hall–Kier alpha value is -1.15. The zero-order chi connectivity index (χ0) is 16.8. The first kappa shape index (κ1) is 16.7. The highest BCUT2D eigenvalue weighted by Crippen LogP contribution is 2.47. The van der Waals surface area contributed by atoms with Gasteiger partial charge in [0.2, 0.25) is 10.4 Å². The molecule has 6 nitrogen and oxygen atoms in total. The van der Waals surface area contributed by atoms with Crippen LogP contribution in [0.1, 0.15) is 36.3 Å². The van der Waals surface area contributed by atoms with Gasteiger partial charge in [0, 0.05) is 25.2 Å². The smallest absolute Gasteiger partial charge is 0.215 e. The van der Waals surface area contributed by atoms with E-state index in [0.29, 0.717) is 0 Å². The average Bonchev–Trinajstić information content (AvgIpc) is 2.93. The van der Waals surface area contributed by atoms with Crippen molar-refractivity contribution < 1.29 is 27.2 Å². The number of quaternary nitrogens is 1. The average molecular weight is 341 g/mol. The molecule has 7 heteroatoms. The molecule has 4 rings (SSSR count). The van der Waals surface area contributed by atoms with Gasteiger partial charge in [0.1, 0.15) is 5.75 Å². The SMILES string of the molecule is COc1ccc2c(c1)C1CC3CCC(C1C2)[NH+]3C.O=S(=O)([O-])O. The van der Waals surface area contributed by atoms with Gasteiger partial charge in [-0.15, -0.1) is 0 Å². The molecule has 128 valence electrons. The van der Waals surface area contributed by atoms with Crippen LogP contribution in [0.4, 0.5) is 0 Å². The van der Waals surface area contributed by atoms with Gasteiger partial charge in [-0.25, -0.2) is 8.42 Å². The van der Waals surface area contributed by atoms with Gasteiger partial charge < -0.3 is 14.2 Å². The first-order valence-corrected chi connectivity index (χ1v) is 9.33. The third-order valence-corrected chi connectivity index (χ3v) is 5.84. The Kier molecular flexibility index (Phi) is 4.39. The van der Waals surface area contributed by atoms with Crippen LogP contribution in [0, 0.1) is 5.92 Å². The molecule has 0 saturated carbocycles. The molecule has 0 aromatic heterocycles. The molecule has 0 spiro atoms. The Balaban J connectivity index is 0.000000276. The molecule has 1 aromatic carbocycles. The predicted octanol–water partition coefficient (Wildman–Crippen LogP) is 0.405. The van der Waals surface area contributed by atoms with E-state index in [-0.39, 0.29) is 0 Å². The van der Waals surface area contributed by atoms with Crippen LogP contribution in [0.2, 0.25) is 0 Å². The van der Waals surface area contributed by atoms with Crippen LogP contribution in [0.3, 0.4) is 0 Å². The highest BCUT2D eigenvalue weighted by Gasteiger charge is 2.52. The summed E-state index contributed by atoms with van der Waals surface area (Å²) in [6.45, 7) is 0. The molecule has 2 N–H and O–H groups in total. The second-order valence-electron chi connectivity index (χ2n) is 6.83. The summed E-state index contributed by atoms with van der Waals surface area (Å²) in [6.07, 6.45) is 5.59. The fourth-order valence-electron chi connectivity index (χ4n) is 4.88. The third kappa shape index (κ3) is 3.38. The third-order valence-electron chi connectivity index (χ3n) is 5.84. The topological polar surface area (TPSA) is 91.1 Å². The molecule has 2 aliphatic heterocycles. The van der Waals surface area contributed by atoms with Crippen molar-refractivity contribution in [3.63, 3.8) is 0 Å². The minimum atomic E-state index is -4.92. The van der Waals surface area contributed by atoms with E-state index in [4.69, 9.17) is 22.3 Å². The maximum Gasteiger partial charge on any atom is 0.215 e. The lowest BCUT2D eigenvalue weighted by Gasteiger charge is -2.37. The molecule has 23 heavy (non-hydrogen) atoms. The fourth-order valence-corrected chi connectivity index (χ4v) is 4.88. The summed E-state index contributed by atoms with van der Waals surface area (Å²) in [5.41, 5.74) is 3.19. The van der Waals surface area contributed by atoms with Gasteiger partial charge in [0.25, 0.3) is 0 Å². The van der Waals surface area contributed by atoms with Gasteiger partial charge in [-0.05, 0) is 35.6 Å². The van der Waals surface area contributed by atoms with Crippen molar-refractivity contribution in [1.82, 2.24) is 0 Å². The monoisotopic (exact) mass is 341 g/mol. The molecule has 3 aliphatic rings. The zero-order valence-electron chi connectivity index (χ0n) is 13.4. The lowest BCUT2D eigenvalue weighted by Crippen LogP contribution is -3.16. The Morgan fingerprint density at radius 2 is 2.04 bits per heavy atom. The Morgan fingerprint density at radius 3 is 2.70 bits per heavy atom. The van der Waals surface area contributed by atoms with Gasteiger partial charge >= 0.3 is 0 Å². The van der Waals surface area contributed by atoms with Crippen molar-refractivity contribution in [2.24, 2.45) is 5.92 Å². The molecule has 2 bridgehead atoms. The summed E-state index contributed by atoms with van der Waals surface area (Å²) in [6, 6.07) is 8.56. The molecular formula is C16H23NO5S.